The van der Waals surface area contributed by atoms with Crippen molar-refractivity contribution >= 4 is 31.9 Å². The number of carbonyl (C=O) groups is 2. The zero-order valence-electron chi connectivity index (χ0n) is 14.2. The van der Waals surface area contributed by atoms with Crippen LogP contribution in [0.2, 0.25) is 0 Å². The Morgan fingerprint density at radius 3 is 1.35 bits per heavy atom. The lowest BCUT2D eigenvalue weighted by atomic mass is 10.3. The number of ether oxygens (including phenoxy) is 2. The van der Waals surface area contributed by atoms with E-state index in [1.54, 1.807) is 0 Å². The number of amides is 2. The molecule has 0 radical (unpaired) electrons. The Morgan fingerprint density at radius 1 is 0.769 bits per heavy atom. The molecule has 0 aliphatic heterocycles. The summed E-state index contributed by atoms with van der Waals surface area (Å²) in [6, 6.07) is 5.48. The van der Waals surface area contributed by atoms with Gasteiger partial charge in [-0.25, -0.2) is 26.4 Å². The maximum Gasteiger partial charge on any atom is 0.412 e. The highest BCUT2D eigenvalue weighted by atomic mass is 32.2. The van der Waals surface area contributed by atoms with E-state index in [1.165, 1.54) is 24.3 Å². The molecule has 0 heterocycles. The second-order valence-electron chi connectivity index (χ2n) is 5.36. The summed E-state index contributed by atoms with van der Waals surface area (Å²) in [5.74, 6) is -0.0921. The molecular weight excluding hydrogens is 388 g/mol. The van der Waals surface area contributed by atoms with E-state index in [2.05, 4.69) is 10.6 Å². The minimum atomic E-state index is -3.18. The highest BCUT2D eigenvalue weighted by Gasteiger charge is 2.09. The van der Waals surface area contributed by atoms with Crippen LogP contribution >= 0.6 is 0 Å². The Balaban J connectivity index is 2.40. The molecule has 0 fully saturated rings. The van der Waals surface area contributed by atoms with Gasteiger partial charge in [0.05, 0.1) is 11.5 Å². The Morgan fingerprint density at radius 2 is 1.08 bits per heavy atom. The highest BCUT2D eigenvalue weighted by Crippen LogP contribution is 2.17. The minimum Gasteiger partial charge on any atom is -0.410 e. The SMILES string of the molecule is CS(=O)(=O)CCNC(=O)Oc1ccc(OC(=O)NCCS(C)(=O)=O)cc1. The fourth-order valence-electron chi connectivity index (χ4n) is 1.54. The van der Waals surface area contributed by atoms with Crippen molar-refractivity contribution in [2.75, 3.05) is 37.1 Å². The zero-order valence-corrected chi connectivity index (χ0v) is 15.9. The molecule has 0 bridgehead atoms. The van der Waals surface area contributed by atoms with Gasteiger partial charge in [0.1, 0.15) is 31.2 Å². The first-order chi connectivity index (χ1) is 11.9. The van der Waals surface area contributed by atoms with Crippen LogP contribution < -0.4 is 20.1 Å². The summed E-state index contributed by atoms with van der Waals surface area (Å²) in [4.78, 5) is 23.0. The van der Waals surface area contributed by atoms with Crippen LogP contribution in [0.1, 0.15) is 0 Å². The minimum absolute atomic E-state index is 0.0769. The van der Waals surface area contributed by atoms with Crippen LogP contribution in [0.15, 0.2) is 24.3 Å². The van der Waals surface area contributed by atoms with Crippen molar-refractivity contribution in [3.05, 3.63) is 24.3 Å². The quantitative estimate of drug-likeness (QED) is 0.609. The number of sulfone groups is 2. The predicted octanol–water partition coefficient (Wildman–Crippen LogP) is -0.0474. The van der Waals surface area contributed by atoms with Gasteiger partial charge in [-0.05, 0) is 24.3 Å². The normalized spacial score (nSPS) is 11.5. The van der Waals surface area contributed by atoms with Gasteiger partial charge in [0.25, 0.3) is 0 Å². The number of rotatable bonds is 8. The lowest BCUT2D eigenvalue weighted by Gasteiger charge is -2.08. The van der Waals surface area contributed by atoms with E-state index in [9.17, 15) is 26.4 Å². The van der Waals surface area contributed by atoms with Crippen molar-refractivity contribution in [1.29, 1.82) is 0 Å². The van der Waals surface area contributed by atoms with Crippen molar-refractivity contribution < 1.29 is 35.9 Å². The molecule has 10 nitrogen and oxygen atoms in total. The molecule has 0 aliphatic rings. The second kappa shape index (κ2) is 9.38. The number of hydrogen-bond acceptors (Lipinski definition) is 8. The van der Waals surface area contributed by atoms with Gasteiger partial charge in [0.15, 0.2) is 0 Å². The third-order valence-corrected chi connectivity index (χ3v) is 4.62. The molecule has 26 heavy (non-hydrogen) atoms. The van der Waals surface area contributed by atoms with E-state index in [0.29, 0.717) is 0 Å². The third-order valence-electron chi connectivity index (χ3n) is 2.73. The van der Waals surface area contributed by atoms with Gasteiger partial charge in [-0.15, -0.1) is 0 Å². The number of nitrogens with one attached hydrogen (secondary N) is 2. The van der Waals surface area contributed by atoms with Gasteiger partial charge in [0.2, 0.25) is 0 Å². The maximum absolute atomic E-state index is 11.5. The molecule has 1 aromatic carbocycles. The molecule has 146 valence electrons. The molecule has 2 amide bonds. The molecule has 12 heteroatoms. The summed E-state index contributed by atoms with van der Waals surface area (Å²) in [5, 5.41) is 4.57. The molecular formula is C14H20N2O8S2. The molecule has 0 saturated carbocycles. The van der Waals surface area contributed by atoms with Crippen molar-refractivity contribution in [2.24, 2.45) is 0 Å². The van der Waals surface area contributed by atoms with Gasteiger partial charge in [-0.1, -0.05) is 0 Å². The molecule has 2 N–H and O–H groups in total. The summed E-state index contributed by atoms with van der Waals surface area (Å²) in [6.07, 6.45) is 0.466. The Kier molecular flexibility index (Phi) is 7.83. The first kappa shape index (κ1) is 21.7. The van der Waals surface area contributed by atoms with Crippen LogP contribution in [0.25, 0.3) is 0 Å². The largest absolute Gasteiger partial charge is 0.412 e. The molecule has 0 unspecified atom stereocenters. The average Bonchev–Trinajstić information content (AvgIpc) is 2.46. The maximum atomic E-state index is 11.5. The van der Waals surface area contributed by atoms with Crippen molar-refractivity contribution in [3.63, 3.8) is 0 Å². The third kappa shape index (κ3) is 10.5. The van der Waals surface area contributed by atoms with Gasteiger partial charge < -0.3 is 20.1 Å². The van der Waals surface area contributed by atoms with E-state index < -0.39 is 31.9 Å². The molecule has 0 saturated heterocycles. The molecule has 0 aliphatic carbocycles. The summed E-state index contributed by atoms with van der Waals surface area (Å²) < 4.78 is 53.6. The smallest absolute Gasteiger partial charge is 0.410 e. The van der Waals surface area contributed by atoms with E-state index in [-0.39, 0.29) is 36.1 Å². The van der Waals surface area contributed by atoms with Crippen molar-refractivity contribution in [3.8, 4) is 11.5 Å². The molecule has 1 aromatic rings. The van der Waals surface area contributed by atoms with Crippen LogP contribution in [0.4, 0.5) is 9.59 Å². The second-order valence-corrected chi connectivity index (χ2v) is 9.88. The van der Waals surface area contributed by atoms with E-state index in [4.69, 9.17) is 9.47 Å². The zero-order chi connectivity index (χ0) is 19.8. The fourth-order valence-corrected chi connectivity index (χ4v) is 2.48. The van der Waals surface area contributed by atoms with Crippen LogP contribution in [0.5, 0.6) is 11.5 Å². The Labute approximate surface area is 151 Å². The van der Waals surface area contributed by atoms with E-state index >= 15 is 0 Å². The predicted molar refractivity (Wildman–Crippen MR) is 93.9 cm³/mol. The number of hydrogen-bond donors (Lipinski definition) is 2. The lowest BCUT2D eigenvalue weighted by molar-refractivity contribution is 0.198. The fraction of sp³-hybridized carbons (Fsp3) is 0.429. The Hall–Kier alpha value is -2.34. The van der Waals surface area contributed by atoms with E-state index in [0.717, 1.165) is 12.5 Å². The summed E-state index contributed by atoms with van der Waals surface area (Å²) in [5.41, 5.74) is 0. The lowest BCUT2D eigenvalue weighted by Crippen LogP contribution is -2.31. The molecule has 0 aromatic heterocycles. The number of carbonyl (C=O) groups excluding carboxylic acids is 2. The van der Waals surface area contributed by atoms with Crippen LogP contribution in [-0.2, 0) is 19.7 Å². The highest BCUT2D eigenvalue weighted by molar-refractivity contribution is 7.90. The van der Waals surface area contributed by atoms with Gasteiger partial charge >= 0.3 is 12.2 Å². The summed E-state index contributed by atoms with van der Waals surface area (Å²) >= 11 is 0. The Bertz CT molecular complexity index is 761. The van der Waals surface area contributed by atoms with Crippen LogP contribution in [0.3, 0.4) is 0 Å². The van der Waals surface area contributed by atoms with Gasteiger partial charge in [-0.3, -0.25) is 0 Å². The molecule has 0 atom stereocenters. The summed E-state index contributed by atoms with van der Waals surface area (Å²) in [7, 11) is -6.37. The standard InChI is InChI=1S/C14H20N2O8S2/c1-25(19,20)9-7-15-13(17)23-11-3-5-12(6-4-11)24-14(18)16-8-10-26(2,21)22/h3-6H,7-10H2,1-2H3,(H,15,17)(H,16,18). The average molecular weight is 408 g/mol. The summed E-state index contributed by atoms with van der Waals surface area (Å²) in [6.45, 7) is -0.154. The van der Waals surface area contributed by atoms with Gasteiger partial charge in [-0.2, -0.15) is 0 Å². The number of benzene rings is 1. The van der Waals surface area contributed by atoms with E-state index in [1.807, 2.05) is 0 Å². The van der Waals surface area contributed by atoms with Crippen molar-refractivity contribution in [1.82, 2.24) is 10.6 Å². The first-order valence-corrected chi connectivity index (χ1v) is 11.4. The van der Waals surface area contributed by atoms with Crippen LogP contribution in [-0.4, -0.2) is 66.1 Å². The van der Waals surface area contributed by atoms with Crippen molar-refractivity contribution in [2.45, 2.75) is 0 Å². The van der Waals surface area contributed by atoms with Crippen LogP contribution in [0, 0.1) is 0 Å². The topological polar surface area (TPSA) is 145 Å². The first-order valence-electron chi connectivity index (χ1n) is 7.31. The molecule has 1 rings (SSSR count). The molecule has 0 spiro atoms. The monoisotopic (exact) mass is 408 g/mol. The van der Waals surface area contributed by atoms with Gasteiger partial charge in [0, 0.05) is 25.6 Å².